The molecule has 0 fully saturated rings. The van der Waals surface area contributed by atoms with Crippen LogP contribution in [0.25, 0.3) is 0 Å². The Morgan fingerprint density at radius 1 is 1.73 bits per heavy atom. The molecule has 1 aliphatic heterocycles. The minimum absolute atomic E-state index is 0.00358. The molecule has 1 aromatic rings. The number of aromatic nitrogens is 2. The molecule has 1 unspecified atom stereocenters. The molecule has 0 bridgehead atoms. The maximum Gasteiger partial charge on any atom is 0.223 e. The first-order valence-electron chi connectivity index (χ1n) is 5.19. The summed E-state index contributed by atoms with van der Waals surface area (Å²) in [5.41, 5.74) is 1.12. The molecule has 15 heavy (non-hydrogen) atoms. The van der Waals surface area contributed by atoms with Gasteiger partial charge in [0.25, 0.3) is 0 Å². The molecule has 0 aliphatic carbocycles. The van der Waals surface area contributed by atoms with E-state index in [1.54, 1.807) is 6.33 Å². The Kier molecular flexibility index (Phi) is 3.01. The number of carbonyl (C=O) groups is 1. The van der Waals surface area contributed by atoms with E-state index in [-0.39, 0.29) is 18.4 Å². The normalized spacial score (nSPS) is 19.7. The second-order valence-corrected chi connectivity index (χ2v) is 3.78. The number of nitrogens with one attached hydrogen (secondary N) is 1. The average molecular weight is 209 g/mol. The van der Waals surface area contributed by atoms with Crippen molar-refractivity contribution < 1.29 is 9.90 Å². The van der Waals surface area contributed by atoms with Gasteiger partial charge in [-0.25, -0.2) is 4.98 Å². The first kappa shape index (κ1) is 10.2. The molecular formula is C10H15N3O2. The first-order valence-corrected chi connectivity index (χ1v) is 5.19. The lowest BCUT2D eigenvalue weighted by Crippen LogP contribution is -2.36. The topological polar surface area (TPSA) is 67.2 Å². The SMILES string of the molecule is O=C(NCCO)C1CCn2cncc2C1. The highest BCUT2D eigenvalue weighted by atomic mass is 16.3. The van der Waals surface area contributed by atoms with Gasteiger partial charge in [0.2, 0.25) is 5.91 Å². The molecule has 2 N–H and O–H groups in total. The fourth-order valence-electron chi connectivity index (χ4n) is 1.92. The number of amides is 1. The summed E-state index contributed by atoms with van der Waals surface area (Å²) in [6.45, 7) is 1.19. The summed E-state index contributed by atoms with van der Waals surface area (Å²) >= 11 is 0. The fourth-order valence-corrected chi connectivity index (χ4v) is 1.92. The molecule has 0 radical (unpaired) electrons. The summed E-state index contributed by atoms with van der Waals surface area (Å²) in [6.07, 6.45) is 5.21. The van der Waals surface area contributed by atoms with Crippen LogP contribution in [0.4, 0.5) is 0 Å². The molecule has 0 saturated carbocycles. The van der Waals surface area contributed by atoms with Crippen LogP contribution in [0.1, 0.15) is 12.1 Å². The maximum absolute atomic E-state index is 11.6. The van der Waals surface area contributed by atoms with Crippen LogP contribution in [0.15, 0.2) is 12.5 Å². The molecule has 1 aromatic heterocycles. The molecule has 2 heterocycles. The van der Waals surface area contributed by atoms with Crippen LogP contribution in [-0.4, -0.2) is 33.7 Å². The van der Waals surface area contributed by atoms with Crippen LogP contribution in [-0.2, 0) is 17.8 Å². The smallest absolute Gasteiger partial charge is 0.223 e. The van der Waals surface area contributed by atoms with Crippen LogP contribution in [0, 0.1) is 5.92 Å². The zero-order valence-corrected chi connectivity index (χ0v) is 8.52. The molecule has 1 amide bonds. The van der Waals surface area contributed by atoms with Crippen molar-refractivity contribution in [3.05, 3.63) is 18.2 Å². The highest BCUT2D eigenvalue weighted by molar-refractivity contribution is 5.79. The van der Waals surface area contributed by atoms with Crippen molar-refractivity contribution in [1.29, 1.82) is 0 Å². The van der Waals surface area contributed by atoms with Gasteiger partial charge in [0.05, 0.1) is 12.9 Å². The summed E-state index contributed by atoms with van der Waals surface area (Å²) in [4.78, 5) is 15.7. The quantitative estimate of drug-likeness (QED) is 0.709. The van der Waals surface area contributed by atoms with E-state index in [9.17, 15) is 4.79 Å². The van der Waals surface area contributed by atoms with Gasteiger partial charge in [0.15, 0.2) is 0 Å². The van der Waals surface area contributed by atoms with E-state index in [0.717, 1.165) is 25.1 Å². The second-order valence-electron chi connectivity index (χ2n) is 3.78. The van der Waals surface area contributed by atoms with Gasteiger partial charge in [0.1, 0.15) is 0 Å². The number of rotatable bonds is 3. The van der Waals surface area contributed by atoms with Gasteiger partial charge in [-0.1, -0.05) is 0 Å². The maximum atomic E-state index is 11.6. The standard InChI is InChI=1S/C10H15N3O2/c14-4-2-12-10(15)8-1-3-13-7-11-6-9(13)5-8/h6-8,14H,1-5H2,(H,12,15). The van der Waals surface area contributed by atoms with Crippen LogP contribution in [0.3, 0.4) is 0 Å². The summed E-state index contributed by atoms with van der Waals surface area (Å²) in [5.74, 6) is 0.0669. The van der Waals surface area contributed by atoms with Crippen molar-refractivity contribution >= 4 is 5.91 Å². The number of imidazole rings is 1. The Balaban J connectivity index is 1.94. The van der Waals surface area contributed by atoms with Crippen molar-refractivity contribution in [2.24, 2.45) is 5.92 Å². The number of hydrogen-bond donors (Lipinski definition) is 2. The van der Waals surface area contributed by atoms with E-state index in [1.807, 2.05) is 6.20 Å². The van der Waals surface area contributed by atoms with E-state index >= 15 is 0 Å². The number of nitrogens with zero attached hydrogens (tertiary/aromatic N) is 2. The number of aliphatic hydroxyl groups excluding tert-OH is 1. The zero-order chi connectivity index (χ0) is 10.7. The van der Waals surface area contributed by atoms with Crippen molar-refractivity contribution in [3.63, 3.8) is 0 Å². The molecule has 5 heteroatoms. The van der Waals surface area contributed by atoms with Crippen LogP contribution in [0.2, 0.25) is 0 Å². The Bertz CT molecular complexity index is 348. The van der Waals surface area contributed by atoms with Crippen molar-refractivity contribution in [2.75, 3.05) is 13.2 Å². The number of hydrogen-bond acceptors (Lipinski definition) is 3. The molecule has 0 aromatic carbocycles. The second kappa shape index (κ2) is 4.44. The summed E-state index contributed by atoms with van der Waals surface area (Å²) < 4.78 is 2.08. The number of carbonyl (C=O) groups excluding carboxylic acids is 1. The fraction of sp³-hybridized carbons (Fsp3) is 0.600. The van der Waals surface area contributed by atoms with E-state index < -0.39 is 0 Å². The zero-order valence-electron chi connectivity index (χ0n) is 8.52. The van der Waals surface area contributed by atoms with Crippen molar-refractivity contribution in [1.82, 2.24) is 14.9 Å². The van der Waals surface area contributed by atoms with Gasteiger partial charge in [-0.3, -0.25) is 4.79 Å². The highest BCUT2D eigenvalue weighted by Crippen LogP contribution is 2.19. The minimum atomic E-state index is -0.00358. The van der Waals surface area contributed by atoms with E-state index in [0.29, 0.717) is 6.54 Å². The van der Waals surface area contributed by atoms with Crippen LogP contribution < -0.4 is 5.32 Å². The molecule has 0 saturated heterocycles. The van der Waals surface area contributed by atoms with E-state index in [2.05, 4.69) is 14.9 Å². The monoisotopic (exact) mass is 209 g/mol. The van der Waals surface area contributed by atoms with Crippen molar-refractivity contribution in [3.8, 4) is 0 Å². The molecule has 82 valence electrons. The summed E-state index contributed by atoms with van der Waals surface area (Å²) in [7, 11) is 0. The summed E-state index contributed by atoms with van der Waals surface area (Å²) in [5, 5.41) is 11.3. The third kappa shape index (κ3) is 2.18. The predicted molar refractivity (Wildman–Crippen MR) is 54.1 cm³/mol. The van der Waals surface area contributed by atoms with Gasteiger partial charge in [-0.2, -0.15) is 0 Å². The Morgan fingerprint density at radius 2 is 2.60 bits per heavy atom. The highest BCUT2D eigenvalue weighted by Gasteiger charge is 2.24. The third-order valence-corrected chi connectivity index (χ3v) is 2.75. The third-order valence-electron chi connectivity index (χ3n) is 2.75. The van der Waals surface area contributed by atoms with Gasteiger partial charge in [0, 0.05) is 37.3 Å². The summed E-state index contributed by atoms with van der Waals surface area (Å²) in [6, 6.07) is 0. The molecule has 0 spiro atoms. The largest absolute Gasteiger partial charge is 0.395 e. The lowest BCUT2D eigenvalue weighted by molar-refractivity contribution is -0.125. The molecule has 1 atom stereocenters. The lowest BCUT2D eigenvalue weighted by Gasteiger charge is -2.22. The molecule has 2 rings (SSSR count). The first-order chi connectivity index (χ1) is 7.31. The van der Waals surface area contributed by atoms with Gasteiger partial charge in [-0.05, 0) is 6.42 Å². The Morgan fingerprint density at radius 3 is 3.40 bits per heavy atom. The molecule has 1 aliphatic rings. The predicted octanol–water partition coefficient (Wildman–Crippen LogP) is -0.446. The average Bonchev–Trinajstić information content (AvgIpc) is 2.72. The Hall–Kier alpha value is -1.36. The number of aryl methyl sites for hydroxylation is 1. The van der Waals surface area contributed by atoms with E-state index in [4.69, 9.17) is 5.11 Å². The van der Waals surface area contributed by atoms with E-state index in [1.165, 1.54) is 0 Å². The molecular weight excluding hydrogens is 194 g/mol. The van der Waals surface area contributed by atoms with Crippen molar-refractivity contribution in [2.45, 2.75) is 19.4 Å². The van der Waals surface area contributed by atoms with Gasteiger partial charge >= 0.3 is 0 Å². The number of fused-ring (bicyclic) bond motifs is 1. The minimum Gasteiger partial charge on any atom is -0.395 e. The Labute approximate surface area is 88.1 Å². The van der Waals surface area contributed by atoms with Crippen LogP contribution >= 0.6 is 0 Å². The van der Waals surface area contributed by atoms with Gasteiger partial charge < -0.3 is 15.0 Å². The molecule has 5 nitrogen and oxygen atoms in total. The van der Waals surface area contributed by atoms with Crippen LogP contribution in [0.5, 0.6) is 0 Å². The number of aliphatic hydroxyl groups is 1. The lowest BCUT2D eigenvalue weighted by atomic mass is 9.95. The van der Waals surface area contributed by atoms with Gasteiger partial charge in [-0.15, -0.1) is 0 Å².